The Morgan fingerprint density at radius 3 is 2.10 bits per heavy atom. The number of sulfonamides is 1. The number of hydrogen-bond donors (Lipinski definition) is 1. The molecule has 0 aromatic heterocycles. The van der Waals surface area contributed by atoms with E-state index in [1.54, 1.807) is 18.2 Å². The maximum absolute atomic E-state index is 11.9. The number of rotatable bonds is 6. The minimum atomic E-state index is -3.75. The van der Waals surface area contributed by atoms with E-state index in [2.05, 4.69) is 4.72 Å². The molecule has 1 amide bonds. The van der Waals surface area contributed by atoms with E-state index < -0.39 is 15.9 Å². The van der Waals surface area contributed by atoms with E-state index in [9.17, 15) is 13.2 Å². The van der Waals surface area contributed by atoms with Crippen molar-refractivity contribution in [3.05, 3.63) is 66.2 Å². The van der Waals surface area contributed by atoms with E-state index in [1.165, 1.54) is 12.1 Å². The van der Waals surface area contributed by atoms with Crippen LogP contribution in [-0.2, 0) is 21.2 Å². The molecule has 0 spiro atoms. The van der Waals surface area contributed by atoms with Gasteiger partial charge in [-0.2, -0.15) is 0 Å². The third-order valence-electron chi connectivity index (χ3n) is 3.01. The molecular weight excluding hydrogens is 286 g/mol. The first-order valence-electron chi connectivity index (χ1n) is 6.72. The highest BCUT2D eigenvalue weighted by Crippen LogP contribution is 2.08. The topological polar surface area (TPSA) is 63.2 Å². The molecule has 5 heteroatoms. The van der Waals surface area contributed by atoms with Gasteiger partial charge >= 0.3 is 0 Å². The summed E-state index contributed by atoms with van der Waals surface area (Å²) in [4.78, 5) is 11.8. The quantitative estimate of drug-likeness (QED) is 0.892. The Kier molecular flexibility index (Phi) is 5.11. The van der Waals surface area contributed by atoms with Gasteiger partial charge in [-0.05, 0) is 30.5 Å². The lowest BCUT2D eigenvalue weighted by Crippen LogP contribution is -2.30. The zero-order valence-corrected chi connectivity index (χ0v) is 12.3. The largest absolute Gasteiger partial charge is 0.274 e. The molecule has 0 saturated heterocycles. The second kappa shape index (κ2) is 7.04. The fraction of sp³-hybridized carbons (Fsp3) is 0.188. The van der Waals surface area contributed by atoms with Crippen molar-refractivity contribution < 1.29 is 13.2 Å². The average Bonchev–Trinajstić information content (AvgIpc) is 2.49. The van der Waals surface area contributed by atoms with Crippen LogP contribution in [0.25, 0.3) is 0 Å². The van der Waals surface area contributed by atoms with Gasteiger partial charge in [-0.3, -0.25) is 4.79 Å². The zero-order valence-electron chi connectivity index (χ0n) is 11.5. The summed E-state index contributed by atoms with van der Waals surface area (Å²) >= 11 is 0. The van der Waals surface area contributed by atoms with Crippen LogP contribution in [0.3, 0.4) is 0 Å². The molecule has 0 fully saturated rings. The predicted octanol–water partition coefficient (Wildman–Crippen LogP) is 2.51. The smallest absolute Gasteiger partial charge is 0.264 e. The first-order chi connectivity index (χ1) is 10.1. The minimum absolute atomic E-state index is 0.0985. The number of nitrogens with one attached hydrogen (secondary N) is 1. The molecule has 0 aliphatic heterocycles. The molecule has 0 heterocycles. The molecule has 2 rings (SSSR count). The summed E-state index contributed by atoms with van der Waals surface area (Å²) in [6, 6.07) is 17.7. The molecule has 0 saturated carbocycles. The van der Waals surface area contributed by atoms with Crippen molar-refractivity contribution in [1.82, 2.24) is 4.72 Å². The maximum Gasteiger partial charge on any atom is 0.264 e. The van der Waals surface area contributed by atoms with Crippen LogP contribution >= 0.6 is 0 Å². The van der Waals surface area contributed by atoms with Crippen LogP contribution in [0.5, 0.6) is 0 Å². The van der Waals surface area contributed by atoms with Crippen LogP contribution in [0.4, 0.5) is 0 Å². The Hall–Kier alpha value is -2.14. The van der Waals surface area contributed by atoms with Crippen molar-refractivity contribution >= 4 is 15.9 Å². The van der Waals surface area contributed by atoms with Crippen molar-refractivity contribution in [3.8, 4) is 0 Å². The monoisotopic (exact) mass is 303 g/mol. The molecule has 2 aromatic rings. The number of benzene rings is 2. The van der Waals surface area contributed by atoms with Crippen LogP contribution < -0.4 is 4.72 Å². The Labute approximate surface area is 124 Å². The highest BCUT2D eigenvalue weighted by molar-refractivity contribution is 7.90. The molecule has 0 bridgehead atoms. The molecule has 0 unspecified atom stereocenters. The van der Waals surface area contributed by atoms with Gasteiger partial charge in [-0.1, -0.05) is 48.5 Å². The molecule has 0 radical (unpaired) electrons. The Bertz CT molecular complexity index is 682. The van der Waals surface area contributed by atoms with Gasteiger partial charge in [0, 0.05) is 6.42 Å². The number of hydrogen-bond acceptors (Lipinski definition) is 3. The number of aryl methyl sites for hydroxylation is 1. The van der Waals surface area contributed by atoms with Crippen molar-refractivity contribution in [3.63, 3.8) is 0 Å². The fourth-order valence-corrected chi connectivity index (χ4v) is 2.99. The summed E-state index contributed by atoms with van der Waals surface area (Å²) in [6.45, 7) is 0. The standard InChI is InChI=1S/C16H17NO3S/c18-16(13-7-10-14-8-3-1-4-9-14)17-21(19,20)15-11-5-2-6-12-15/h1-6,8-9,11-12H,7,10,13H2,(H,17,18). The first-order valence-corrected chi connectivity index (χ1v) is 8.21. The van der Waals surface area contributed by atoms with Crippen LogP contribution in [-0.4, -0.2) is 14.3 Å². The maximum atomic E-state index is 11.9. The average molecular weight is 303 g/mol. The molecular formula is C16H17NO3S. The second-order valence-corrected chi connectivity index (χ2v) is 6.36. The Morgan fingerprint density at radius 1 is 0.905 bits per heavy atom. The van der Waals surface area contributed by atoms with Crippen molar-refractivity contribution in [2.75, 3.05) is 0 Å². The predicted molar refractivity (Wildman–Crippen MR) is 81.2 cm³/mol. The lowest BCUT2D eigenvalue weighted by Gasteiger charge is -2.06. The van der Waals surface area contributed by atoms with Gasteiger partial charge in [-0.25, -0.2) is 13.1 Å². The van der Waals surface area contributed by atoms with E-state index >= 15 is 0 Å². The second-order valence-electron chi connectivity index (χ2n) is 4.68. The lowest BCUT2D eigenvalue weighted by molar-refractivity contribution is -0.119. The molecule has 21 heavy (non-hydrogen) atoms. The molecule has 110 valence electrons. The SMILES string of the molecule is O=C(CCCc1ccccc1)NS(=O)(=O)c1ccccc1. The zero-order chi connectivity index (χ0) is 15.1. The van der Waals surface area contributed by atoms with Crippen molar-refractivity contribution in [2.45, 2.75) is 24.2 Å². The fourth-order valence-electron chi connectivity index (χ4n) is 1.96. The van der Waals surface area contributed by atoms with E-state index in [0.29, 0.717) is 6.42 Å². The summed E-state index contributed by atoms with van der Waals surface area (Å²) < 4.78 is 26.0. The van der Waals surface area contributed by atoms with Gasteiger partial charge in [0.1, 0.15) is 0 Å². The molecule has 0 aliphatic carbocycles. The van der Waals surface area contributed by atoms with Crippen molar-refractivity contribution in [1.29, 1.82) is 0 Å². The summed E-state index contributed by atoms with van der Waals surface area (Å²) in [6.07, 6.45) is 1.54. The first kappa shape index (κ1) is 15.3. The number of carbonyl (C=O) groups excluding carboxylic acids is 1. The molecule has 0 atom stereocenters. The van der Waals surface area contributed by atoms with E-state index in [-0.39, 0.29) is 11.3 Å². The normalized spacial score (nSPS) is 11.0. The van der Waals surface area contributed by atoms with Crippen LogP contribution in [0.15, 0.2) is 65.6 Å². The van der Waals surface area contributed by atoms with Gasteiger partial charge < -0.3 is 0 Å². The van der Waals surface area contributed by atoms with E-state index in [0.717, 1.165) is 12.0 Å². The summed E-state index contributed by atoms with van der Waals surface area (Å²) in [5, 5.41) is 0. The summed E-state index contributed by atoms with van der Waals surface area (Å²) in [7, 11) is -3.75. The highest BCUT2D eigenvalue weighted by atomic mass is 32.2. The highest BCUT2D eigenvalue weighted by Gasteiger charge is 2.16. The third-order valence-corrected chi connectivity index (χ3v) is 4.40. The van der Waals surface area contributed by atoms with Crippen LogP contribution in [0.2, 0.25) is 0 Å². The number of carbonyl (C=O) groups is 1. The van der Waals surface area contributed by atoms with Gasteiger partial charge in [0.25, 0.3) is 10.0 Å². The minimum Gasteiger partial charge on any atom is -0.274 e. The number of amides is 1. The van der Waals surface area contributed by atoms with Gasteiger partial charge in [0.15, 0.2) is 0 Å². The van der Waals surface area contributed by atoms with Crippen molar-refractivity contribution in [2.24, 2.45) is 0 Å². The molecule has 1 N–H and O–H groups in total. The molecule has 4 nitrogen and oxygen atoms in total. The molecule has 0 aliphatic rings. The van der Waals surface area contributed by atoms with E-state index in [1.807, 2.05) is 30.3 Å². The van der Waals surface area contributed by atoms with Gasteiger partial charge in [-0.15, -0.1) is 0 Å². The van der Waals surface area contributed by atoms with Crippen LogP contribution in [0.1, 0.15) is 18.4 Å². The summed E-state index contributed by atoms with van der Waals surface area (Å²) in [5.74, 6) is -0.477. The lowest BCUT2D eigenvalue weighted by atomic mass is 10.1. The van der Waals surface area contributed by atoms with Crippen LogP contribution in [0, 0.1) is 0 Å². The Balaban J connectivity index is 1.85. The van der Waals surface area contributed by atoms with E-state index in [4.69, 9.17) is 0 Å². The van der Waals surface area contributed by atoms with Gasteiger partial charge in [0.2, 0.25) is 5.91 Å². The molecule has 2 aromatic carbocycles. The van der Waals surface area contributed by atoms with Gasteiger partial charge in [0.05, 0.1) is 4.90 Å². The Morgan fingerprint density at radius 2 is 1.48 bits per heavy atom. The third kappa shape index (κ3) is 4.72. The summed E-state index contributed by atoms with van der Waals surface area (Å²) in [5.41, 5.74) is 1.14.